The van der Waals surface area contributed by atoms with E-state index in [1.165, 1.54) is 0 Å². The maximum atomic E-state index is 13.2. The van der Waals surface area contributed by atoms with E-state index < -0.39 is 0 Å². The van der Waals surface area contributed by atoms with Crippen LogP contribution in [0.25, 0.3) is 0 Å². The van der Waals surface area contributed by atoms with Crippen molar-refractivity contribution in [3.63, 3.8) is 0 Å². The fourth-order valence-corrected chi connectivity index (χ4v) is 4.63. The van der Waals surface area contributed by atoms with Gasteiger partial charge in [0.05, 0.1) is 18.2 Å². The standard InChI is InChI=1S/C17H23N5OS/c1-20-11-14(10-19-20)15-5-3-8-22(15)16(23)13-4-2-7-21(12-13)17-18-6-9-24-17/h6,9-11,13,15H,2-5,7-8,12H2,1H3/t13-,15+/m0/s1. The molecule has 0 bridgehead atoms. The van der Waals surface area contributed by atoms with Gasteiger partial charge in [-0.05, 0) is 25.7 Å². The summed E-state index contributed by atoms with van der Waals surface area (Å²) in [7, 11) is 1.93. The Labute approximate surface area is 146 Å². The maximum Gasteiger partial charge on any atom is 0.227 e. The van der Waals surface area contributed by atoms with E-state index in [9.17, 15) is 4.79 Å². The fourth-order valence-electron chi connectivity index (χ4n) is 3.95. The van der Waals surface area contributed by atoms with Crippen LogP contribution >= 0.6 is 11.3 Å². The van der Waals surface area contributed by atoms with Crippen molar-refractivity contribution >= 4 is 22.4 Å². The first-order valence-corrected chi connectivity index (χ1v) is 9.54. The average molecular weight is 345 g/mol. The van der Waals surface area contributed by atoms with Crippen LogP contribution in [0.3, 0.4) is 0 Å². The summed E-state index contributed by atoms with van der Waals surface area (Å²) in [6.07, 6.45) is 9.94. The quantitative estimate of drug-likeness (QED) is 0.857. The summed E-state index contributed by atoms with van der Waals surface area (Å²) < 4.78 is 1.82. The highest BCUT2D eigenvalue weighted by atomic mass is 32.1. The summed E-state index contributed by atoms with van der Waals surface area (Å²) in [6, 6.07) is 0.196. The molecule has 2 aromatic rings. The van der Waals surface area contributed by atoms with Gasteiger partial charge in [-0.15, -0.1) is 11.3 Å². The van der Waals surface area contributed by atoms with Crippen LogP contribution in [-0.4, -0.2) is 45.2 Å². The Hall–Kier alpha value is -1.89. The molecule has 2 fully saturated rings. The van der Waals surface area contributed by atoms with E-state index in [1.54, 1.807) is 11.3 Å². The highest BCUT2D eigenvalue weighted by molar-refractivity contribution is 7.13. The third kappa shape index (κ3) is 2.92. The number of piperidine rings is 1. The fraction of sp³-hybridized carbons (Fsp3) is 0.588. The molecule has 4 rings (SSSR count). The Bertz CT molecular complexity index is 698. The van der Waals surface area contributed by atoms with Gasteiger partial charge in [-0.3, -0.25) is 9.48 Å². The van der Waals surface area contributed by atoms with E-state index >= 15 is 0 Å². The minimum Gasteiger partial charge on any atom is -0.347 e. The van der Waals surface area contributed by atoms with Crippen LogP contribution in [0.2, 0.25) is 0 Å². The van der Waals surface area contributed by atoms with Gasteiger partial charge in [-0.2, -0.15) is 5.10 Å². The van der Waals surface area contributed by atoms with Gasteiger partial charge in [0.15, 0.2) is 5.13 Å². The smallest absolute Gasteiger partial charge is 0.227 e. The van der Waals surface area contributed by atoms with Crippen molar-refractivity contribution in [2.24, 2.45) is 13.0 Å². The van der Waals surface area contributed by atoms with Gasteiger partial charge in [0.25, 0.3) is 0 Å². The SMILES string of the molecule is Cn1cc([C@H]2CCCN2C(=O)[C@H]2CCCN(c3nccs3)C2)cn1. The zero-order valence-corrected chi connectivity index (χ0v) is 14.8. The number of carbonyl (C=O) groups excluding carboxylic acids is 1. The molecule has 7 heteroatoms. The van der Waals surface area contributed by atoms with Crippen molar-refractivity contribution in [1.29, 1.82) is 0 Å². The Morgan fingerprint density at radius 2 is 2.17 bits per heavy atom. The third-order valence-electron chi connectivity index (χ3n) is 5.11. The Morgan fingerprint density at radius 3 is 2.92 bits per heavy atom. The number of thiazole rings is 1. The van der Waals surface area contributed by atoms with Crippen molar-refractivity contribution in [1.82, 2.24) is 19.7 Å². The molecule has 0 N–H and O–H groups in total. The average Bonchev–Trinajstić information content (AvgIpc) is 3.35. The Kier molecular flexibility index (Phi) is 4.26. The molecule has 0 radical (unpaired) electrons. The van der Waals surface area contributed by atoms with E-state index in [0.29, 0.717) is 5.91 Å². The molecule has 2 aliphatic rings. The first-order valence-electron chi connectivity index (χ1n) is 8.66. The highest BCUT2D eigenvalue weighted by Gasteiger charge is 2.36. The zero-order valence-electron chi connectivity index (χ0n) is 14.0. The number of hydrogen-bond acceptors (Lipinski definition) is 5. The summed E-state index contributed by atoms with van der Waals surface area (Å²) in [5.41, 5.74) is 1.16. The second kappa shape index (κ2) is 6.55. The molecule has 2 aliphatic heterocycles. The summed E-state index contributed by atoms with van der Waals surface area (Å²) >= 11 is 1.65. The van der Waals surface area contributed by atoms with Gasteiger partial charge in [0.2, 0.25) is 5.91 Å². The first kappa shape index (κ1) is 15.6. The van der Waals surface area contributed by atoms with Crippen molar-refractivity contribution in [3.05, 3.63) is 29.5 Å². The minimum absolute atomic E-state index is 0.0833. The van der Waals surface area contributed by atoms with Gasteiger partial charge < -0.3 is 9.80 Å². The molecule has 0 aromatic carbocycles. The maximum absolute atomic E-state index is 13.2. The molecule has 0 saturated carbocycles. The summed E-state index contributed by atoms with van der Waals surface area (Å²) in [6.45, 7) is 2.66. The van der Waals surface area contributed by atoms with Crippen molar-refractivity contribution < 1.29 is 4.79 Å². The Morgan fingerprint density at radius 1 is 1.29 bits per heavy atom. The van der Waals surface area contributed by atoms with Crippen LogP contribution < -0.4 is 4.90 Å². The molecule has 24 heavy (non-hydrogen) atoms. The molecule has 4 heterocycles. The number of nitrogens with zero attached hydrogens (tertiary/aromatic N) is 5. The third-order valence-corrected chi connectivity index (χ3v) is 5.94. The second-order valence-electron chi connectivity index (χ2n) is 6.74. The summed E-state index contributed by atoms with van der Waals surface area (Å²) in [5.74, 6) is 0.391. The van der Waals surface area contributed by atoms with E-state index in [0.717, 1.165) is 56.0 Å². The molecule has 0 unspecified atom stereocenters. The molecule has 6 nitrogen and oxygen atoms in total. The first-order chi connectivity index (χ1) is 11.7. The lowest BCUT2D eigenvalue weighted by atomic mass is 9.96. The van der Waals surface area contributed by atoms with Gasteiger partial charge in [0.1, 0.15) is 0 Å². The molecule has 0 aliphatic carbocycles. The number of amides is 1. The van der Waals surface area contributed by atoms with Gasteiger partial charge in [0, 0.05) is 50.0 Å². The highest BCUT2D eigenvalue weighted by Crippen LogP contribution is 2.34. The molecule has 2 atom stereocenters. The summed E-state index contributed by atoms with van der Waals surface area (Å²) in [4.78, 5) is 21.9. The second-order valence-corrected chi connectivity index (χ2v) is 7.61. The molecule has 2 aromatic heterocycles. The van der Waals surface area contributed by atoms with Crippen molar-refractivity contribution in [2.45, 2.75) is 31.7 Å². The number of aromatic nitrogens is 3. The molecule has 2 saturated heterocycles. The molecule has 1 amide bonds. The topological polar surface area (TPSA) is 54.3 Å². The van der Waals surface area contributed by atoms with Gasteiger partial charge in [-0.25, -0.2) is 4.98 Å². The van der Waals surface area contributed by atoms with Crippen LogP contribution in [0.4, 0.5) is 5.13 Å². The summed E-state index contributed by atoms with van der Waals surface area (Å²) in [5, 5.41) is 7.32. The molecule has 128 valence electrons. The van der Waals surface area contributed by atoms with E-state index in [1.807, 2.05) is 35.7 Å². The van der Waals surface area contributed by atoms with Crippen LogP contribution in [0.1, 0.15) is 37.3 Å². The molecular weight excluding hydrogens is 322 g/mol. The number of rotatable bonds is 3. The van der Waals surface area contributed by atoms with Crippen LogP contribution in [-0.2, 0) is 11.8 Å². The zero-order chi connectivity index (χ0) is 16.5. The van der Waals surface area contributed by atoms with Crippen LogP contribution in [0.15, 0.2) is 24.0 Å². The predicted molar refractivity (Wildman–Crippen MR) is 93.9 cm³/mol. The van der Waals surface area contributed by atoms with E-state index in [4.69, 9.17) is 0 Å². The number of anilines is 1. The van der Waals surface area contributed by atoms with E-state index in [2.05, 4.69) is 19.9 Å². The van der Waals surface area contributed by atoms with Crippen molar-refractivity contribution in [3.8, 4) is 0 Å². The Balaban J connectivity index is 1.48. The largest absolute Gasteiger partial charge is 0.347 e. The van der Waals surface area contributed by atoms with Crippen LogP contribution in [0.5, 0.6) is 0 Å². The number of aryl methyl sites for hydroxylation is 1. The monoisotopic (exact) mass is 345 g/mol. The lowest BCUT2D eigenvalue weighted by molar-refractivity contribution is -0.136. The normalized spacial score (nSPS) is 24.5. The van der Waals surface area contributed by atoms with Gasteiger partial charge in [-0.1, -0.05) is 0 Å². The number of likely N-dealkylation sites (tertiary alicyclic amines) is 1. The number of carbonyl (C=O) groups is 1. The van der Waals surface area contributed by atoms with E-state index in [-0.39, 0.29) is 12.0 Å². The van der Waals surface area contributed by atoms with Gasteiger partial charge >= 0.3 is 0 Å². The molecular formula is C17H23N5OS. The molecule has 0 spiro atoms. The van der Waals surface area contributed by atoms with Crippen LogP contribution in [0, 0.1) is 5.92 Å². The van der Waals surface area contributed by atoms with Crippen molar-refractivity contribution in [2.75, 3.05) is 24.5 Å². The lowest BCUT2D eigenvalue weighted by Gasteiger charge is -2.35. The lowest BCUT2D eigenvalue weighted by Crippen LogP contribution is -2.44. The number of hydrogen-bond donors (Lipinski definition) is 0. The predicted octanol–water partition coefficient (Wildman–Crippen LogP) is 2.46. The minimum atomic E-state index is 0.0833.